The van der Waals surface area contributed by atoms with E-state index in [0.29, 0.717) is 24.3 Å². The molecule has 1 aliphatic heterocycles. The van der Waals surface area contributed by atoms with Gasteiger partial charge in [-0.1, -0.05) is 12.1 Å². The first-order valence-corrected chi connectivity index (χ1v) is 7.43. The molecule has 1 aromatic carbocycles. The highest BCUT2D eigenvalue weighted by Gasteiger charge is 2.38. The third-order valence-corrected chi connectivity index (χ3v) is 4.73. The largest absolute Gasteiger partial charge is 0.508 e. The number of amides is 1. The van der Waals surface area contributed by atoms with E-state index in [1.165, 1.54) is 0 Å². The van der Waals surface area contributed by atoms with Crippen LogP contribution in [-0.2, 0) is 11.2 Å². The molecule has 3 atom stereocenters. The van der Waals surface area contributed by atoms with Crippen molar-refractivity contribution in [3.05, 3.63) is 29.8 Å². The maximum absolute atomic E-state index is 12.4. The van der Waals surface area contributed by atoms with E-state index in [2.05, 4.69) is 0 Å². The summed E-state index contributed by atoms with van der Waals surface area (Å²) >= 11 is 0. The van der Waals surface area contributed by atoms with Crippen LogP contribution in [0.15, 0.2) is 24.3 Å². The number of carbonyl (C=O) groups is 1. The molecule has 1 saturated heterocycles. The summed E-state index contributed by atoms with van der Waals surface area (Å²) in [7, 11) is 0. The second kappa shape index (κ2) is 5.44. The van der Waals surface area contributed by atoms with Crippen LogP contribution in [0.2, 0.25) is 0 Å². The molecule has 0 aromatic heterocycles. The van der Waals surface area contributed by atoms with Crippen molar-refractivity contribution in [2.45, 2.75) is 31.7 Å². The van der Waals surface area contributed by atoms with Gasteiger partial charge in [0.2, 0.25) is 5.91 Å². The fourth-order valence-electron chi connectivity index (χ4n) is 3.57. The van der Waals surface area contributed by atoms with E-state index >= 15 is 0 Å². The number of phenols is 1. The van der Waals surface area contributed by atoms with E-state index in [1.807, 2.05) is 17.0 Å². The van der Waals surface area contributed by atoms with Gasteiger partial charge in [-0.25, -0.2) is 0 Å². The van der Waals surface area contributed by atoms with E-state index in [0.717, 1.165) is 37.9 Å². The lowest BCUT2D eigenvalue weighted by Gasteiger charge is -2.27. The van der Waals surface area contributed by atoms with Crippen LogP contribution >= 0.6 is 0 Å². The maximum atomic E-state index is 12.4. The summed E-state index contributed by atoms with van der Waals surface area (Å²) in [5.41, 5.74) is 6.98. The van der Waals surface area contributed by atoms with Crippen LogP contribution in [0.4, 0.5) is 0 Å². The molecule has 4 nitrogen and oxygen atoms in total. The summed E-state index contributed by atoms with van der Waals surface area (Å²) in [6.45, 7) is 1.77. The van der Waals surface area contributed by atoms with Gasteiger partial charge in [-0.05, 0) is 48.8 Å². The quantitative estimate of drug-likeness (QED) is 0.859. The van der Waals surface area contributed by atoms with E-state index < -0.39 is 0 Å². The highest BCUT2D eigenvalue weighted by Crippen LogP contribution is 2.35. The first kappa shape index (κ1) is 13.4. The molecule has 0 radical (unpaired) electrons. The number of fused-ring (bicyclic) bond motifs is 1. The van der Waals surface area contributed by atoms with Crippen molar-refractivity contribution in [3.63, 3.8) is 0 Å². The molecule has 3 rings (SSSR count). The number of hydrogen-bond acceptors (Lipinski definition) is 3. The first-order chi connectivity index (χ1) is 9.61. The lowest BCUT2D eigenvalue weighted by atomic mass is 9.79. The van der Waals surface area contributed by atoms with Gasteiger partial charge in [-0.15, -0.1) is 0 Å². The summed E-state index contributed by atoms with van der Waals surface area (Å²) in [5.74, 6) is 1.68. The van der Waals surface area contributed by atoms with Gasteiger partial charge in [0, 0.05) is 19.1 Å². The zero-order chi connectivity index (χ0) is 14.1. The Balaban J connectivity index is 1.60. The minimum Gasteiger partial charge on any atom is -0.508 e. The molecule has 1 unspecified atom stereocenters. The number of likely N-dealkylation sites (tertiary alicyclic amines) is 1. The molecule has 20 heavy (non-hydrogen) atoms. The highest BCUT2D eigenvalue weighted by molar-refractivity contribution is 5.79. The van der Waals surface area contributed by atoms with Gasteiger partial charge in [-0.2, -0.15) is 0 Å². The average molecular weight is 274 g/mol. The monoisotopic (exact) mass is 274 g/mol. The molecule has 3 N–H and O–H groups in total. The molecule has 4 heteroatoms. The second-order valence-corrected chi connectivity index (χ2v) is 6.24. The zero-order valence-electron chi connectivity index (χ0n) is 11.7. The van der Waals surface area contributed by atoms with E-state index in [4.69, 9.17) is 5.73 Å². The van der Waals surface area contributed by atoms with E-state index in [9.17, 15) is 9.90 Å². The average Bonchev–Trinajstić information content (AvgIpc) is 2.84. The molecule has 1 amide bonds. The molecule has 1 aliphatic carbocycles. The molecule has 108 valence electrons. The van der Waals surface area contributed by atoms with Crippen molar-refractivity contribution in [2.24, 2.45) is 17.6 Å². The van der Waals surface area contributed by atoms with Crippen LogP contribution in [0.1, 0.15) is 24.8 Å². The Morgan fingerprint density at radius 2 is 1.90 bits per heavy atom. The number of nitrogens with zero attached hydrogens (tertiary/aromatic N) is 1. The number of phenolic OH excluding ortho intramolecular Hbond substituents is 1. The predicted molar refractivity (Wildman–Crippen MR) is 77.2 cm³/mol. The third-order valence-electron chi connectivity index (χ3n) is 4.73. The number of carbonyl (C=O) groups excluding carboxylic acids is 1. The van der Waals surface area contributed by atoms with Crippen molar-refractivity contribution in [2.75, 3.05) is 13.1 Å². The molecule has 1 saturated carbocycles. The van der Waals surface area contributed by atoms with Gasteiger partial charge in [0.1, 0.15) is 5.75 Å². The first-order valence-electron chi connectivity index (χ1n) is 7.43. The van der Waals surface area contributed by atoms with Gasteiger partial charge in [-0.3, -0.25) is 4.79 Å². The molecule has 0 bridgehead atoms. The molecule has 2 fully saturated rings. The van der Waals surface area contributed by atoms with E-state index in [1.54, 1.807) is 12.1 Å². The molecule has 1 heterocycles. The Kier molecular flexibility index (Phi) is 3.66. The Bertz CT molecular complexity index is 486. The zero-order valence-corrected chi connectivity index (χ0v) is 11.7. The third kappa shape index (κ3) is 2.80. The molecule has 0 spiro atoms. The maximum Gasteiger partial charge on any atom is 0.227 e. The topological polar surface area (TPSA) is 66.6 Å². The minimum absolute atomic E-state index is 0.193. The number of benzene rings is 1. The Morgan fingerprint density at radius 3 is 2.65 bits per heavy atom. The highest BCUT2D eigenvalue weighted by atomic mass is 16.3. The summed E-state index contributed by atoms with van der Waals surface area (Å²) < 4.78 is 0. The minimum atomic E-state index is 0.193. The van der Waals surface area contributed by atoms with Gasteiger partial charge >= 0.3 is 0 Å². The summed E-state index contributed by atoms with van der Waals surface area (Å²) in [5, 5.41) is 9.26. The van der Waals surface area contributed by atoms with Crippen molar-refractivity contribution in [1.29, 1.82) is 0 Å². The van der Waals surface area contributed by atoms with Crippen molar-refractivity contribution < 1.29 is 9.90 Å². The number of aromatic hydroxyl groups is 1. The molecular formula is C16H22N2O2. The number of nitrogens with two attached hydrogens (primary N) is 1. The van der Waals surface area contributed by atoms with Crippen LogP contribution in [-0.4, -0.2) is 35.0 Å². The van der Waals surface area contributed by atoms with Crippen LogP contribution in [0, 0.1) is 11.8 Å². The van der Waals surface area contributed by atoms with Gasteiger partial charge in [0.25, 0.3) is 0 Å². The summed E-state index contributed by atoms with van der Waals surface area (Å²) in [4.78, 5) is 14.4. The van der Waals surface area contributed by atoms with Crippen LogP contribution in [0.25, 0.3) is 0 Å². The summed E-state index contributed by atoms with van der Waals surface area (Å²) in [6, 6.07) is 7.21. The van der Waals surface area contributed by atoms with Crippen LogP contribution in [0.5, 0.6) is 5.75 Å². The Hall–Kier alpha value is -1.55. The Labute approximate surface area is 119 Å². The lowest BCUT2D eigenvalue weighted by Crippen LogP contribution is -2.32. The molecule has 2 aliphatic rings. The SMILES string of the molecule is NC1CC[C@@H]2CN(C(=O)Cc3ccc(O)cc3)C[C@@H]2C1. The number of hydrogen-bond donors (Lipinski definition) is 2. The fraction of sp³-hybridized carbons (Fsp3) is 0.562. The van der Waals surface area contributed by atoms with Gasteiger partial charge < -0.3 is 15.7 Å². The number of rotatable bonds is 2. The van der Waals surface area contributed by atoms with Gasteiger partial charge in [0.05, 0.1) is 6.42 Å². The van der Waals surface area contributed by atoms with Crippen LogP contribution in [0.3, 0.4) is 0 Å². The fourth-order valence-corrected chi connectivity index (χ4v) is 3.57. The predicted octanol–water partition coefficient (Wildman–Crippen LogP) is 1.52. The van der Waals surface area contributed by atoms with Crippen LogP contribution < -0.4 is 5.73 Å². The normalized spacial score (nSPS) is 29.2. The molecular weight excluding hydrogens is 252 g/mol. The smallest absolute Gasteiger partial charge is 0.227 e. The second-order valence-electron chi connectivity index (χ2n) is 6.24. The van der Waals surface area contributed by atoms with Crippen molar-refractivity contribution in [3.8, 4) is 5.75 Å². The molecule has 1 aromatic rings. The lowest BCUT2D eigenvalue weighted by molar-refractivity contribution is -0.129. The van der Waals surface area contributed by atoms with Gasteiger partial charge in [0.15, 0.2) is 0 Å². The van der Waals surface area contributed by atoms with Crippen molar-refractivity contribution >= 4 is 5.91 Å². The Morgan fingerprint density at radius 1 is 1.20 bits per heavy atom. The van der Waals surface area contributed by atoms with E-state index in [-0.39, 0.29) is 11.7 Å². The summed E-state index contributed by atoms with van der Waals surface area (Å²) in [6.07, 6.45) is 3.75. The van der Waals surface area contributed by atoms with Crippen molar-refractivity contribution in [1.82, 2.24) is 4.90 Å². The standard InChI is InChI=1S/C16H22N2O2/c17-14-4-3-12-9-18(10-13(12)8-14)16(20)7-11-1-5-15(19)6-2-11/h1-2,5-6,12-14,19H,3-4,7-10,17H2/t12-,13+,14?/m1/s1.